The standard InChI is InChI=1S/C26H24N2O3/c1-17-10-12-19(13-11-17)28-16-18(14-24(28)29)15-27-26(30)25-20-6-2-4-8-22(20)31-23-9-5-3-7-21(23)25/h2-13,18,25H,14-16H2,1H3,(H,27,30). The van der Waals surface area contributed by atoms with E-state index in [0.29, 0.717) is 31.0 Å². The molecule has 5 heteroatoms. The average molecular weight is 412 g/mol. The summed E-state index contributed by atoms with van der Waals surface area (Å²) >= 11 is 0. The average Bonchev–Trinajstić information content (AvgIpc) is 3.16. The molecule has 156 valence electrons. The molecule has 31 heavy (non-hydrogen) atoms. The second-order valence-corrected chi connectivity index (χ2v) is 8.27. The van der Waals surface area contributed by atoms with Gasteiger partial charge in [-0.1, -0.05) is 54.1 Å². The predicted molar refractivity (Wildman–Crippen MR) is 119 cm³/mol. The van der Waals surface area contributed by atoms with Crippen molar-refractivity contribution in [3.05, 3.63) is 89.5 Å². The highest BCUT2D eigenvalue weighted by molar-refractivity contribution is 5.96. The number of rotatable bonds is 4. The maximum atomic E-state index is 13.3. The van der Waals surface area contributed by atoms with Crippen molar-refractivity contribution in [2.75, 3.05) is 18.0 Å². The Morgan fingerprint density at radius 3 is 2.23 bits per heavy atom. The molecule has 1 atom stereocenters. The van der Waals surface area contributed by atoms with E-state index in [9.17, 15) is 9.59 Å². The van der Waals surface area contributed by atoms with Gasteiger partial charge >= 0.3 is 0 Å². The zero-order valence-corrected chi connectivity index (χ0v) is 17.4. The molecule has 2 amide bonds. The van der Waals surface area contributed by atoms with E-state index < -0.39 is 5.92 Å². The molecular weight excluding hydrogens is 388 g/mol. The number of carbonyl (C=O) groups is 2. The molecule has 0 saturated carbocycles. The Morgan fingerprint density at radius 2 is 1.58 bits per heavy atom. The largest absolute Gasteiger partial charge is 0.457 e. The van der Waals surface area contributed by atoms with Crippen LogP contribution in [0.4, 0.5) is 5.69 Å². The summed E-state index contributed by atoms with van der Waals surface area (Å²) in [5.74, 6) is 1.12. The summed E-state index contributed by atoms with van der Waals surface area (Å²) in [7, 11) is 0. The number of nitrogens with one attached hydrogen (secondary N) is 1. The molecule has 3 aromatic rings. The fraction of sp³-hybridized carbons (Fsp3) is 0.231. The first-order chi connectivity index (χ1) is 15.1. The van der Waals surface area contributed by atoms with Crippen LogP contribution in [-0.2, 0) is 9.59 Å². The molecular formula is C26H24N2O3. The number of ether oxygens (including phenoxy) is 1. The summed E-state index contributed by atoms with van der Waals surface area (Å²) in [6.07, 6.45) is 0.440. The molecule has 0 radical (unpaired) electrons. The molecule has 2 heterocycles. The molecule has 2 aliphatic rings. The van der Waals surface area contributed by atoms with Gasteiger partial charge in [-0.05, 0) is 31.2 Å². The number of aryl methyl sites for hydroxylation is 1. The van der Waals surface area contributed by atoms with Gasteiger partial charge < -0.3 is 15.0 Å². The van der Waals surface area contributed by atoms with Gasteiger partial charge in [-0.3, -0.25) is 9.59 Å². The van der Waals surface area contributed by atoms with Crippen LogP contribution in [0.25, 0.3) is 0 Å². The topological polar surface area (TPSA) is 58.6 Å². The van der Waals surface area contributed by atoms with Crippen molar-refractivity contribution in [3.63, 3.8) is 0 Å². The highest BCUT2D eigenvalue weighted by Crippen LogP contribution is 2.43. The Kier molecular flexibility index (Phi) is 4.94. The smallest absolute Gasteiger partial charge is 0.232 e. The van der Waals surface area contributed by atoms with Crippen LogP contribution in [0, 0.1) is 12.8 Å². The SMILES string of the molecule is Cc1ccc(N2CC(CNC(=O)C3c4ccccc4Oc4ccccc43)CC2=O)cc1. The maximum Gasteiger partial charge on any atom is 0.232 e. The normalized spacial score (nSPS) is 17.6. The van der Waals surface area contributed by atoms with E-state index in [1.54, 1.807) is 0 Å². The molecule has 0 spiro atoms. The van der Waals surface area contributed by atoms with E-state index in [1.807, 2.05) is 84.6 Å². The number of carbonyl (C=O) groups excluding carboxylic acids is 2. The van der Waals surface area contributed by atoms with E-state index >= 15 is 0 Å². The second-order valence-electron chi connectivity index (χ2n) is 8.27. The lowest BCUT2D eigenvalue weighted by molar-refractivity contribution is -0.122. The molecule has 3 aromatic carbocycles. The van der Waals surface area contributed by atoms with Crippen LogP contribution in [0.2, 0.25) is 0 Å². The van der Waals surface area contributed by atoms with E-state index in [1.165, 1.54) is 0 Å². The highest BCUT2D eigenvalue weighted by atomic mass is 16.5. The third-order valence-electron chi connectivity index (χ3n) is 6.06. The minimum atomic E-state index is -0.425. The predicted octanol–water partition coefficient (Wildman–Crippen LogP) is 4.40. The van der Waals surface area contributed by atoms with Crippen LogP contribution < -0.4 is 15.0 Å². The molecule has 0 bridgehead atoms. The van der Waals surface area contributed by atoms with Crippen molar-refractivity contribution in [2.24, 2.45) is 5.92 Å². The summed E-state index contributed by atoms with van der Waals surface area (Å²) < 4.78 is 5.99. The minimum absolute atomic E-state index is 0.0653. The Hall–Kier alpha value is -3.60. The van der Waals surface area contributed by atoms with Crippen LogP contribution in [0.5, 0.6) is 11.5 Å². The maximum absolute atomic E-state index is 13.3. The number of para-hydroxylation sites is 2. The van der Waals surface area contributed by atoms with Crippen LogP contribution >= 0.6 is 0 Å². The monoisotopic (exact) mass is 412 g/mol. The van der Waals surface area contributed by atoms with Crippen molar-refractivity contribution in [1.82, 2.24) is 5.32 Å². The number of nitrogens with zero attached hydrogens (tertiary/aromatic N) is 1. The van der Waals surface area contributed by atoms with Crippen molar-refractivity contribution < 1.29 is 14.3 Å². The molecule has 0 aliphatic carbocycles. The molecule has 1 N–H and O–H groups in total. The van der Waals surface area contributed by atoms with E-state index in [2.05, 4.69) is 5.32 Å². The van der Waals surface area contributed by atoms with E-state index in [-0.39, 0.29) is 17.7 Å². The van der Waals surface area contributed by atoms with Crippen molar-refractivity contribution in [3.8, 4) is 11.5 Å². The lowest BCUT2D eigenvalue weighted by Crippen LogP contribution is -2.35. The molecule has 2 aliphatic heterocycles. The summed E-state index contributed by atoms with van der Waals surface area (Å²) in [5, 5.41) is 3.10. The van der Waals surface area contributed by atoms with Crippen LogP contribution in [-0.4, -0.2) is 24.9 Å². The van der Waals surface area contributed by atoms with Gasteiger partial charge in [-0.2, -0.15) is 0 Å². The lowest BCUT2D eigenvalue weighted by atomic mass is 9.87. The van der Waals surface area contributed by atoms with Crippen LogP contribution in [0.3, 0.4) is 0 Å². The first kappa shape index (κ1) is 19.4. The molecule has 5 nitrogen and oxygen atoms in total. The third kappa shape index (κ3) is 3.67. The molecule has 1 fully saturated rings. The zero-order valence-electron chi connectivity index (χ0n) is 17.4. The number of anilines is 1. The van der Waals surface area contributed by atoms with E-state index in [4.69, 9.17) is 4.74 Å². The number of fused-ring (bicyclic) bond motifs is 2. The van der Waals surface area contributed by atoms with Gasteiger partial charge in [-0.15, -0.1) is 0 Å². The Bertz CT molecular complexity index is 1090. The first-order valence-electron chi connectivity index (χ1n) is 10.6. The lowest BCUT2D eigenvalue weighted by Gasteiger charge is -2.27. The highest BCUT2D eigenvalue weighted by Gasteiger charge is 2.34. The van der Waals surface area contributed by atoms with Crippen molar-refractivity contribution >= 4 is 17.5 Å². The van der Waals surface area contributed by atoms with Gasteiger partial charge in [-0.25, -0.2) is 0 Å². The minimum Gasteiger partial charge on any atom is -0.457 e. The summed E-state index contributed by atoms with van der Waals surface area (Å²) in [4.78, 5) is 27.6. The van der Waals surface area contributed by atoms with Gasteiger partial charge in [0.05, 0.1) is 5.92 Å². The van der Waals surface area contributed by atoms with Gasteiger partial charge in [0.15, 0.2) is 0 Å². The fourth-order valence-electron chi connectivity index (χ4n) is 4.43. The summed E-state index contributed by atoms with van der Waals surface area (Å²) in [5.41, 5.74) is 3.80. The third-order valence-corrected chi connectivity index (χ3v) is 6.06. The van der Waals surface area contributed by atoms with Crippen molar-refractivity contribution in [2.45, 2.75) is 19.3 Å². The first-order valence-corrected chi connectivity index (χ1v) is 10.6. The molecule has 1 unspecified atom stereocenters. The van der Waals surface area contributed by atoms with Gasteiger partial charge in [0, 0.05) is 42.2 Å². The van der Waals surface area contributed by atoms with Gasteiger partial charge in [0.25, 0.3) is 0 Å². The molecule has 0 aromatic heterocycles. The second kappa shape index (κ2) is 7.91. The Labute approximate surface area is 181 Å². The van der Waals surface area contributed by atoms with Crippen LogP contribution in [0.1, 0.15) is 29.0 Å². The number of hydrogen-bond acceptors (Lipinski definition) is 3. The Morgan fingerprint density at radius 1 is 0.968 bits per heavy atom. The summed E-state index contributed by atoms with van der Waals surface area (Å²) in [6.45, 7) is 3.11. The van der Waals surface area contributed by atoms with Crippen LogP contribution in [0.15, 0.2) is 72.8 Å². The Balaban J connectivity index is 1.30. The number of amides is 2. The van der Waals surface area contributed by atoms with Gasteiger partial charge in [0.1, 0.15) is 11.5 Å². The number of hydrogen-bond donors (Lipinski definition) is 1. The number of benzene rings is 3. The summed E-state index contributed by atoms with van der Waals surface area (Å²) in [6, 6.07) is 23.3. The quantitative estimate of drug-likeness (QED) is 0.691. The van der Waals surface area contributed by atoms with E-state index in [0.717, 1.165) is 22.4 Å². The fourth-order valence-corrected chi connectivity index (χ4v) is 4.43. The molecule has 1 saturated heterocycles. The van der Waals surface area contributed by atoms with Gasteiger partial charge in [0.2, 0.25) is 11.8 Å². The van der Waals surface area contributed by atoms with Crippen molar-refractivity contribution in [1.29, 1.82) is 0 Å². The zero-order chi connectivity index (χ0) is 21.4. The molecule has 5 rings (SSSR count).